The van der Waals surface area contributed by atoms with Crippen LogP contribution in [0.3, 0.4) is 0 Å². The third-order valence-corrected chi connectivity index (χ3v) is 2.88. The summed E-state index contributed by atoms with van der Waals surface area (Å²) in [6, 6.07) is 0. The zero-order valence-electron chi connectivity index (χ0n) is 4.66. The molecule has 2 fully saturated rings. The Morgan fingerprint density at radius 3 is 2.88 bits per heavy atom. The second-order valence-electron chi connectivity index (χ2n) is 2.08. The molecule has 0 N–H and O–H groups in total. The Morgan fingerprint density at radius 2 is 2.62 bits per heavy atom. The molecule has 3 heteroatoms. The quantitative estimate of drug-likeness (QED) is 0.483. The van der Waals surface area contributed by atoms with Crippen molar-refractivity contribution in [3.05, 3.63) is 0 Å². The lowest BCUT2D eigenvalue weighted by Crippen LogP contribution is -2.14. The second kappa shape index (κ2) is 1.62. The number of hydrogen-bond acceptors (Lipinski definition) is 3. The van der Waals surface area contributed by atoms with Crippen LogP contribution in [0.2, 0.25) is 0 Å². The third-order valence-electron chi connectivity index (χ3n) is 1.55. The van der Waals surface area contributed by atoms with E-state index in [2.05, 4.69) is 0 Å². The third kappa shape index (κ3) is 0.584. The van der Waals surface area contributed by atoms with Crippen molar-refractivity contribution >= 4 is 11.8 Å². The van der Waals surface area contributed by atoms with Gasteiger partial charge < -0.3 is 9.47 Å². The molecule has 0 bridgehead atoms. The van der Waals surface area contributed by atoms with Gasteiger partial charge in [-0.25, -0.2) is 0 Å². The smallest absolute Gasteiger partial charge is 0.170 e. The molecule has 0 aromatic heterocycles. The van der Waals surface area contributed by atoms with Crippen LogP contribution < -0.4 is 0 Å². The minimum absolute atomic E-state index is 0.102. The molecule has 0 amide bonds. The molecule has 0 spiro atoms. The summed E-state index contributed by atoms with van der Waals surface area (Å²) in [4.78, 5) is 0. The number of thioether (sulfide) groups is 1. The normalized spacial score (nSPS) is 51.4. The predicted octanol–water partition coefficient (Wildman–Crippen LogP) is 0.473. The van der Waals surface area contributed by atoms with Crippen LogP contribution in [0.4, 0.5) is 0 Å². The first-order chi connectivity index (χ1) is 3.92. The summed E-state index contributed by atoms with van der Waals surface area (Å²) in [5.74, 6) is 0. The summed E-state index contributed by atoms with van der Waals surface area (Å²) in [6.45, 7) is 0.897. The van der Waals surface area contributed by atoms with Crippen LogP contribution in [-0.2, 0) is 9.47 Å². The molecule has 2 aliphatic heterocycles. The molecule has 0 unspecified atom stereocenters. The van der Waals surface area contributed by atoms with Crippen molar-refractivity contribution in [1.82, 2.24) is 0 Å². The van der Waals surface area contributed by atoms with Gasteiger partial charge >= 0.3 is 0 Å². The number of fused-ring (bicyclic) bond motifs is 1. The highest BCUT2D eigenvalue weighted by Gasteiger charge is 2.51. The molecule has 0 aromatic rings. The highest BCUT2D eigenvalue weighted by Crippen LogP contribution is 2.49. The lowest BCUT2D eigenvalue weighted by Gasteiger charge is -2.07. The first-order valence-corrected chi connectivity index (χ1v) is 3.66. The van der Waals surface area contributed by atoms with Gasteiger partial charge in [0.15, 0.2) is 6.29 Å². The summed E-state index contributed by atoms with van der Waals surface area (Å²) >= 11 is 1.96. The van der Waals surface area contributed by atoms with E-state index in [4.69, 9.17) is 9.47 Å². The van der Waals surface area contributed by atoms with Crippen LogP contribution in [0, 0.1) is 0 Å². The Hall–Kier alpha value is 0.270. The SMILES string of the molecule is CO[C@H]1OC[C@@H]2S[C@H]12. The molecule has 0 radical (unpaired) electrons. The molecule has 8 heavy (non-hydrogen) atoms. The number of methoxy groups -OCH3 is 1. The van der Waals surface area contributed by atoms with E-state index >= 15 is 0 Å². The highest BCUT2D eigenvalue weighted by atomic mass is 32.2. The maximum atomic E-state index is 5.22. The van der Waals surface area contributed by atoms with Crippen molar-refractivity contribution in [1.29, 1.82) is 0 Å². The fourth-order valence-corrected chi connectivity index (χ4v) is 2.01. The Kier molecular flexibility index (Phi) is 1.03. The van der Waals surface area contributed by atoms with Gasteiger partial charge in [-0.05, 0) is 0 Å². The molecular formula is C5H8O2S. The number of hydrogen-bond donors (Lipinski definition) is 0. The minimum Gasteiger partial charge on any atom is -0.355 e. The summed E-state index contributed by atoms with van der Waals surface area (Å²) in [7, 11) is 1.70. The molecule has 0 aliphatic carbocycles. The molecule has 2 heterocycles. The van der Waals surface area contributed by atoms with Crippen molar-refractivity contribution < 1.29 is 9.47 Å². The first kappa shape index (κ1) is 5.09. The Balaban J connectivity index is 1.97. The standard InChI is InChI=1S/C5H8O2S/c1-6-5-4-3(8-4)2-7-5/h3-5H,2H2,1H3/t3-,4-,5-/m0/s1. The van der Waals surface area contributed by atoms with Gasteiger partial charge in [0, 0.05) is 12.4 Å². The molecule has 46 valence electrons. The van der Waals surface area contributed by atoms with E-state index in [-0.39, 0.29) is 6.29 Å². The predicted molar refractivity (Wildman–Crippen MR) is 31.9 cm³/mol. The zero-order valence-corrected chi connectivity index (χ0v) is 5.48. The molecule has 2 aliphatic rings. The van der Waals surface area contributed by atoms with E-state index in [0.29, 0.717) is 5.25 Å². The maximum Gasteiger partial charge on any atom is 0.170 e. The van der Waals surface area contributed by atoms with Gasteiger partial charge in [0.25, 0.3) is 0 Å². The zero-order chi connectivity index (χ0) is 5.56. The van der Waals surface area contributed by atoms with Crippen LogP contribution >= 0.6 is 11.8 Å². The van der Waals surface area contributed by atoms with Crippen molar-refractivity contribution in [2.45, 2.75) is 16.8 Å². The Bertz CT molecular complexity index is 107. The van der Waals surface area contributed by atoms with E-state index in [0.717, 1.165) is 11.9 Å². The average Bonchev–Trinajstić information content (AvgIpc) is 2.46. The summed E-state index contributed by atoms with van der Waals surface area (Å²) in [5.41, 5.74) is 0. The maximum absolute atomic E-state index is 5.22. The van der Waals surface area contributed by atoms with E-state index in [1.165, 1.54) is 0 Å². The van der Waals surface area contributed by atoms with Crippen LogP contribution in [-0.4, -0.2) is 30.5 Å². The molecule has 3 atom stereocenters. The lowest BCUT2D eigenvalue weighted by atomic mass is 10.4. The van der Waals surface area contributed by atoms with Crippen molar-refractivity contribution in [3.63, 3.8) is 0 Å². The Morgan fingerprint density at radius 1 is 1.75 bits per heavy atom. The van der Waals surface area contributed by atoms with Gasteiger partial charge in [-0.1, -0.05) is 0 Å². The van der Waals surface area contributed by atoms with Crippen molar-refractivity contribution in [3.8, 4) is 0 Å². The van der Waals surface area contributed by atoms with Gasteiger partial charge in [0.1, 0.15) is 0 Å². The average molecular weight is 132 g/mol. The van der Waals surface area contributed by atoms with E-state index in [1.54, 1.807) is 7.11 Å². The molecular weight excluding hydrogens is 124 g/mol. The van der Waals surface area contributed by atoms with Gasteiger partial charge in [-0.15, -0.1) is 11.8 Å². The summed E-state index contributed by atoms with van der Waals surface area (Å²) in [5, 5.41) is 1.43. The molecule has 0 saturated carbocycles. The summed E-state index contributed by atoms with van der Waals surface area (Å²) in [6.07, 6.45) is 0.102. The fraction of sp³-hybridized carbons (Fsp3) is 1.00. The van der Waals surface area contributed by atoms with Crippen LogP contribution in [0.1, 0.15) is 0 Å². The first-order valence-electron chi connectivity index (χ1n) is 2.71. The van der Waals surface area contributed by atoms with Gasteiger partial charge in [-0.3, -0.25) is 0 Å². The van der Waals surface area contributed by atoms with E-state index in [1.807, 2.05) is 11.8 Å². The van der Waals surface area contributed by atoms with E-state index < -0.39 is 0 Å². The minimum atomic E-state index is 0.102. The second-order valence-corrected chi connectivity index (χ2v) is 3.50. The molecule has 2 nitrogen and oxygen atoms in total. The van der Waals surface area contributed by atoms with E-state index in [9.17, 15) is 0 Å². The lowest BCUT2D eigenvalue weighted by molar-refractivity contribution is -0.0859. The van der Waals surface area contributed by atoms with Crippen LogP contribution in [0.25, 0.3) is 0 Å². The fourth-order valence-electron chi connectivity index (χ4n) is 1.02. The van der Waals surface area contributed by atoms with Crippen LogP contribution in [0.5, 0.6) is 0 Å². The largest absolute Gasteiger partial charge is 0.355 e. The molecule has 0 aromatic carbocycles. The number of ether oxygens (including phenoxy) is 2. The highest BCUT2D eigenvalue weighted by molar-refractivity contribution is 8.07. The van der Waals surface area contributed by atoms with Gasteiger partial charge in [0.2, 0.25) is 0 Å². The summed E-state index contributed by atoms with van der Waals surface area (Å²) < 4.78 is 10.2. The molecule has 2 rings (SSSR count). The van der Waals surface area contributed by atoms with Crippen LogP contribution in [0.15, 0.2) is 0 Å². The number of rotatable bonds is 1. The van der Waals surface area contributed by atoms with Crippen molar-refractivity contribution in [2.75, 3.05) is 13.7 Å². The van der Waals surface area contributed by atoms with Gasteiger partial charge in [-0.2, -0.15) is 0 Å². The Labute approximate surface area is 52.5 Å². The van der Waals surface area contributed by atoms with Gasteiger partial charge in [0.05, 0.1) is 11.9 Å². The topological polar surface area (TPSA) is 18.5 Å². The molecule has 2 saturated heterocycles. The monoisotopic (exact) mass is 132 g/mol. The van der Waals surface area contributed by atoms with Crippen molar-refractivity contribution in [2.24, 2.45) is 0 Å².